The van der Waals surface area contributed by atoms with Crippen molar-refractivity contribution >= 4 is 11.5 Å². The molecule has 0 fully saturated rings. The van der Waals surface area contributed by atoms with E-state index in [0.29, 0.717) is 17.1 Å². The Morgan fingerprint density at radius 3 is 2.50 bits per heavy atom. The van der Waals surface area contributed by atoms with E-state index < -0.39 is 0 Å². The Kier molecular flexibility index (Phi) is 3.41. The monoisotopic (exact) mass is 225 g/mol. The molecule has 1 aromatic rings. The molecule has 0 radical (unpaired) electrons. The maximum absolute atomic E-state index is 13.6. The molecule has 1 heterocycles. The number of pyridine rings is 1. The lowest BCUT2D eigenvalue weighted by atomic mass is 9.88. The van der Waals surface area contributed by atoms with E-state index in [9.17, 15) is 4.39 Å². The quantitative estimate of drug-likeness (QED) is 0.813. The Bertz CT molecular complexity index is 383. The Hall–Kier alpha value is -1.32. The van der Waals surface area contributed by atoms with Crippen molar-refractivity contribution in [3.8, 4) is 0 Å². The topological polar surface area (TPSA) is 50.9 Å². The second-order valence-electron chi connectivity index (χ2n) is 5.22. The molecule has 0 aliphatic carbocycles. The van der Waals surface area contributed by atoms with Crippen LogP contribution < -0.4 is 11.1 Å². The molecule has 0 spiro atoms. The van der Waals surface area contributed by atoms with Gasteiger partial charge in [0.1, 0.15) is 5.82 Å². The first-order valence-corrected chi connectivity index (χ1v) is 5.40. The Balaban J connectivity index is 3.02. The number of hydrogen-bond donors (Lipinski definition) is 2. The highest BCUT2D eigenvalue weighted by molar-refractivity contribution is 5.60. The number of aromatic nitrogens is 1. The first kappa shape index (κ1) is 12.7. The average molecular weight is 225 g/mol. The van der Waals surface area contributed by atoms with E-state index in [-0.39, 0.29) is 17.3 Å². The highest BCUT2D eigenvalue weighted by Crippen LogP contribution is 2.27. The molecule has 1 unspecified atom stereocenters. The zero-order valence-corrected chi connectivity index (χ0v) is 10.6. The smallest absolute Gasteiger partial charge is 0.164 e. The third-order valence-corrected chi connectivity index (χ3v) is 2.97. The van der Waals surface area contributed by atoms with Gasteiger partial charge in [0.05, 0.1) is 11.9 Å². The van der Waals surface area contributed by atoms with Gasteiger partial charge in [0, 0.05) is 11.6 Å². The molecule has 16 heavy (non-hydrogen) atoms. The summed E-state index contributed by atoms with van der Waals surface area (Å²) in [5.74, 6) is 0.00723. The summed E-state index contributed by atoms with van der Waals surface area (Å²) < 4.78 is 13.6. The number of hydrogen-bond acceptors (Lipinski definition) is 3. The van der Waals surface area contributed by atoms with Gasteiger partial charge in [0.15, 0.2) is 5.82 Å². The predicted octanol–water partition coefficient (Wildman–Crippen LogP) is 2.96. The van der Waals surface area contributed by atoms with E-state index in [4.69, 9.17) is 5.73 Å². The normalized spacial score (nSPS) is 13.6. The fourth-order valence-electron chi connectivity index (χ4n) is 1.20. The summed E-state index contributed by atoms with van der Waals surface area (Å²) in [4.78, 5) is 3.77. The molecule has 0 aromatic carbocycles. The number of nitrogen functional groups attached to an aromatic ring is 1. The fraction of sp³-hybridized carbons (Fsp3) is 0.583. The van der Waals surface area contributed by atoms with Crippen LogP contribution in [0.3, 0.4) is 0 Å². The molecule has 0 amide bonds. The van der Waals surface area contributed by atoms with Crippen molar-refractivity contribution in [1.82, 2.24) is 4.98 Å². The van der Waals surface area contributed by atoms with Crippen LogP contribution in [0.1, 0.15) is 33.3 Å². The lowest BCUT2D eigenvalue weighted by Gasteiger charge is -2.29. The molecule has 4 heteroatoms. The van der Waals surface area contributed by atoms with Gasteiger partial charge in [-0.1, -0.05) is 20.8 Å². The lowest BCUT2D eigenvalue weighted by Crippen LogP contribution is -2.31. The largest absolute Gasteiger partial charge is 0.383 e. The van der Waals surface area contributed by atoms with Crippen molar-refractivity contribution in [1.29, 1.82) is 0 Å². The zero-order valence-electron chi connectivity index (χ0n) is 10.6. The summed E-state index contributed by atoms with van der Waals surface area (Å²) in [6.45, 7) is 10.1. The average Bonchev–Trinajstić information content (AvgIpc) is 2.17. The van der Waals surface area contributed by atoms with Crippen molar-refractivity contribution < 1.29 is 4.39 Å². The van der Waals surface area contributed by atoms with Crippen molar-refractivity contribution in [2.24, 2.45) is 5.41 Å². The molecule has 0 bridgehead atoms. The summed E-state index contributed by atoms with van der Waals surface area (Å²) in [7, 11) is 0. The first-order valence-electron chi connectivity index (χ1n) is 5.40. The zero-order chi connectivity index (χ0) is 12.5. The summed E-state index contributed by atoms with van der Waals surface area (Å²) in [6, 6.07) is 0.141. The van der Waals surface area contributed by atoms with Crippen molar-refractivity contribution in [2.75, 3.05) is 11.1 Å². The highest BCUT2D eigenvalue weighted by Gasteiger charge is 2.22. The van der Waals surface area contributed by atoms with E-state index in [0.717, 1.165) is 6.20 Å². The number of rotatable bonds is 2. The Morgan fingerprint density at radius 1 is 1.44 bits per heavy atom. The maximum atomic E-state index is 13.6. The number of nitrogens with one attached hydrogen (secondary N) is 1. The molecular weight excluding hydrogens is 205 g/mol. The van der Waals surface area contributed by atoms with Crippen molar-refractivity contribution in [3.05, 3.63) is 17.6 Å². The van der Waals surface area contributed by atoms with Crippen LogP contribution in [0.25, 0.3) is 0 Å². The number of anilines is 2. The van der Waals surface area contributed by atoms with Crippen LogP contribution in [-0.4, -0.2) is 11.0 Å². The molecule has 0 aliphatic rings. The summed E-state index contributed by atoms with van der Waals surface area (Å²) in [5, 5.41) is 3.16. The molecule has 1 aromatic heterocycles. The number of nitrogens with two attached hydrogens (primary N) is 1. The second kappa shape index (κ2) is 4.28. The van der Waals surface area contributed by atoms with Crippen LogP contribution in [0.15, 0.2) is 6.20 Å². The van der Waals surface area contributed by atoms with Crippen LogP contribution in [0.2, 0.25) is 0 Å². The van der Waals surface area contributed by atoms with E-state index in [1.165, 1.54) is 0 Å². The van der Waals surface area contributed by atoms with Crippen molar-refractivity contribution in [3.63, 3.8) is 0 Å². The molecule has 1 atom stereocenters. The van der Waals surface area contributed by atoms with Crippen LogP contribution in [0.4, 0.5) is 15.9 Å². The Morgan fingerprint density at radius 2 is 2.00 bits per heavy atom. The predicted molar refractivity (Wildman–Crippen MR) is 65.9 cm³/mol. The first-order chi connectivity index (χ1) is 7.23. The van der Waals surface area contributed by atoms with Gasteiger partial charge in [0.2, 0.25) is 0 Å². The van der Waals surface area contributed by atoms with E-state index in [1.807, 2.05) is 6.92 Å². The molecule has 0 saturated carbocycles. The van der Waals surface area contributed by atoms with Gasteiger partial charge >= 0.3 is 0 Å². The van der Waals surface area contributed by atoms with Gasteiger partial charge in [-0.25, -0.2) is 9.37 Å². The summed E-state index contributed by atoms with van der Waals surface area (Å²) in [6.07, 6.45) is 1.15. The Labute approximate surface area is 96.3 Å². The number of nitrogens with zero attached hydrogens (tertiary/aromatic N) is 1. The molecule has 3 N–H and O–H groups in total. The third kappa shape index (κ3) is 2.62. The van der Waals surface area contributed by atoms with Crippen LogP contribution in [0.5, 0.6) is 0 Å². The molecular formula is C12H20FN3. The summed E-state index contributed by atoms with van der Waals surface area (Å²) in [5.41, 5.74) is 6.83. The minimum Gasteiger partial charge on any atom is -0.383 e. The second-order valence-corrected chi connectivity index (χ2v) is 5.22. The van der Waals surface area contributed by atoms with Gasteiger partial charge in [-0.3, -0.25) is 0 Å². The van der Waals surface area contributed by atoms with E-state index in [1.54, 1.807) is 6.92 Å². The lowest BCUT2D eigenvalue weighted by molar-refractivity contribution is 0.358. The van der Waals surface area contributed by atoms with Crippen LogP contribution >= 0.6 is 0 Å². The van der Waals surface area contributed by atoms with Gasteiger partial charge in [-0.05, 0) is 19.3 Å². The standard InChI is InChI=1S/C12H20FN3/c1-7-10(9(13)6-15-11(7)14)16-8(2)12(3,4)5/h6,8H,1-5H3,(H3,14,15,16). The van der Waals surface area contributed by atoms with Crippen LogP contribution in [0, 0.1) is 18.2 Å². The van der Waals surface area contributed by atoms with Gasteiger partial charge in [-0.15, -0.1) is 0 Å². The van der Waals surface area contributed by atoms with Gasteiger partial charge in [-0.2, -0.15) is 0 Å². The van der Waals surface area contributed by atoms with Crippen LogP contribution in [-0.2, 0) is 0 Å². The highest BCUT2D eigenvalue weighted by atomic mass is 19.1. The van der Waals surface area contributed by atoms with Gasteiger partial charge in [0.25, 0.3) is 0 Å². The minimum atomic E-state index is -0.359. The van der Waals surface area contributed by atoms with Gasteiger partial charge < -0.3 is 11.1 Å². The molecule has 1 rings (SSSR count). The molecule has 90 valence electrons. The molecule has 0 saturated heterocycles. The van der Waals surface area contributed by atoms with E-state index in [2.05, 4.69) is 31.1 Å². The molecule has 3 nitrogen and oxygen atoms in total. The summed E-state index contributed by atoms with van der Waals surface area (Å²) >= 11 is 0. The van der Waals surface area contributed by atoms with E-state index >= 15 is 0 Å². The van der Waals surface area contributed by atoms with Crippen molar-refractivity contribution in [2.45, 2.75) is 40.7 Å². The SMILES string of the molecule is Cc1c(N)ncc(F)c1NC(C)C(C)(C)C. The maximum Gasteiger partial charge on any atom is 0.164 e. The third-order valence-electron chi connectivity index (χ3n) is 2.97. The number of halogens is 1. The minimum absolute atomic E-state index is 0.0525. The molecule has 0 aliphatic heterocycles. The fourth-order valence-corrected chi connectivity index (χ4v) is 1.20.